The second-order valence-corrected chi connectivity index (χ2v) is 10.5. The molecule has 0 amide bonds. The topological polar surface area (TPSA) is 57.0 Å². The molecule has 5 nitrogen and oxygen atoms in total. The van der Waals surface area contributed by atoms with E-state index >= 15 is 0 Å². The van der Waals surface area contributed by atoms with Crippen molar-refractivity contribution in [3.8, 4) is 22.6 Å². The zero-order valence-electron chi connectivity index (χ0n) is 19.0. The number of ether oxygens (including phenoxy) is 1. The number of thioether (sulfide) groups is 1. The van der Waals surface area contributed by atoms with E-state index in [2.05, 4.69) is 19.1 Å². The number of aryl methyl sites for hydroxylation is 1. The molecular formula is C27H23N3O2S2. The highest BCUT2D eigenvalue weighted by atomic mass is 32.2. The zero-order valence-corrected chi connectivity index (χ0v) is 20.6. The third-order valence-electron chi connectivity index (χ3n) is 6.30. The fourth-order valence-corrected chi connectivity index (χ4v) is 6.61. The van der Waals surface area contributed by atoms with Crippen LogP contribution in [0.1, 0.15) is 24.6 Å². The van der Waals surface area contributed by atoms with Gasteiger partial charge in [0.2, 0.25) is 0 Å². The molecule has 1 aliphatic carbocycles. The normalized spacial score (nSPS) is 13.0. The molecule has 6 rings (SSSR count). The first-order chi connectivity index (χ1) is 16.7. The number of hydrogen-bond acceptors (Lipinski definition) is 6. The van der Waals surface area contributed by atoms with Crippen molar-refractivity contribution < 1.29 is 4.74 Å². The maximum Gasteiger partial charge on any atom is 0.276 e. The van der Waals surface area contributed by atoms with Crippen molar-refractivity contribution in [2.45, 2.75) is 31.3 Å². The lowest BCUT2D eigenvalue weighted by molar-refractivity contribution is 0.415. The molecule has 0 saturated carbocycles. The molecule has 34 heavy (non-hydrogen) atoms. The van der Waals surface area contributed by atoms with Crippen LogP contribution in [0.15, 0.2) is 64.5 Å². The lowest BCUT2D eigenvalue weighted by Crippen LogP contribution is -2.20. The van der Waals surface area contributed by atoms with Crippen LogP contribution in [-0.2, 0) is 12.8 Å². The molecule has 3 heterocycles. The maximum atomic E-state index is 13.9. The molecule has 0 bridgehead atoms. The number of benzene rings is 2. The van der Waals surface area contributed by atoms with Crippen LogP contribution < -0.4 is 10.3 Å². The minimum atomic E-state index is -0.0315. The Bertz CT molecular complexity index is 1590. The van der Waals surface area contributed by atoms with E-state index in [4.69, 9.17) is 14.7 Å². The van der Waals surface area contributed by atoms with Gasteiger partial charge in [-0.25, -0.2) is 9.97 Å². The van der Waals surface area contributed by atoms with Gasteiger partial charge in [-0.15, -0.1) is 11.3 Å². The van der Waals surface area contributed by atoms with E-state index in [0.29, 0.717) is 9.86 Å². The quantitative estimate of drug-likeness (QED) is 0.217. The molecule has 0 unspecified atom stereocenters. The Balaban J connectivity index is 1.72. The van der Waals surface area contributed by atoms with E-state index in [-0.39, 0.29) is 5.56 Å². The second-order valence-electron chi connectivity index (χ2n) is 8.26. The molecule has 5 aromatic rings. The van der Waals surface area contributed by atoms with Gasteiger partial charge in [-0.1, -0.05) is 49.0 Å². The Morgan fingerprint density at radius 3 is 2.59 bits per heavy atom. The van der Waals surface area contributed by atoms with Gasteiger partial charge in [0.15, 0.2) is 5.16 Å². The predicted octanol–water partition coefficient (Wildman–Crippen LogP) is 6.27. The summed E-state index contributed by atoms with van der Waals surface area (Å²) in [4.78, 5) is 24.9. The molecule has 0 atom stereocenters. The third-order valence-corrected chi connectivity index (χ3v) is 8.19. The zero-order chi connectivity index (χ0) is 23.2. The molecule has 0 spiro atoms. The van der Waals surface area contributed by atoms with Gasteiger partial charge in [-0.3, -0.25) is 9.36 Å². The molecule has 7 heteroatoms. The number of rotatable bonds is 5. The summed E-state index contributed by atoms with van der Waals surface area (Å²) in [7, 11) is 1.68. The summed E-state index contributed by atoms with van der Waals surface area (Å²) in [5.74, 6) is 1.65. The van der Waals surface area contributed by atoms with Crippen LogP contribution in [-0.4, -0.2) is 27.4 Å². The van der Waals surface area contributed by atoms with E-state index in [0.717, 1.165) is 63.4 Å². The number of pyridine rings is 1. The lowest BCUT2D eigenvalue weighted by Gasteiger charge is -2.13. The van der Waals surface area contributed by atoms with Gasteiger partial charge in [0, 0.05) is 11.1 Å². The van der Waals surface area contributed by atoms with E-state index in [1.807, 2.05) is 42.5 Å². The van der Waals surface area contributed by atoms with Gasteiger partial charge >= 0.3 is 0 Å². The average molecular weight is 486 g/mol. The number of hydrogen-bond donors (Lipinski definition) is 0. The maximum absolute atomic E-state index is 13.9. The van der Waals surface area contributed by atoms with Crippen molar-refractivity contribution in [2.24, 2.45) is 0 Å². The van der Waals surface area contributed by atoms with Crippen LogP contribution in [0.4, 0.5) is 0 Å². The third kappa shape index (κ3) is 3.34. The van der Waals surface area contributed by atoms with Crippen LogP contribution in [0, 0.1) is 0 Å². The number of fused-ring (bicyclic) bond motifs is 4. The molecule has 1 aliphatic rings. The van der Waals surface area contributed by atoms with Crippen LogP contribution >= 0.6 is 23.1 Å². The number of methoxy groups -OCH3 is 1. The van der Waals surface area contributed by atoms with E-state index in [1.54, 1.807) is 23.4 Å². The highest BCUT2D eigenvalue weighted by Crippen LogP contribution is 2.43. The first-order valence-corrected chi connectivity index (χ1v) is 13.2. The van der Waals surface area contributed by atoms with Gasteiger partial charge in [-0.2, -0.15) is 0 Å². The van der Waals surface area contributed by atoms with E-state index in [1.165, 1.54) is 22.5 Å². The molecule has 0 saturated heterocycles. The Morgan fingerprint density at radius 2 is 1.85 bits per heavy atom. The molecule has 0 N–H and O–H groups in total. The van der Waals surface area contributed by atoms with Crippen molar-refractivity contribution in [1.82, 2.24) is 14.5 Å². The summed E-state index contributed by atoms with van der Waals surface area (Å²) in [6.45, 7) is 2.08. The smallest absolute Gasteiger partial charge is 0.276 e. The van der Waals surface area contributed by atoms with Crippen LogP contribution in [0.25, 0.3) is 37.2 Å². The van der Waals surface area contributed by atoms with Crippen LogP contribution in [0.5, 0.6) is 5.75 Å². The lowest BCUT2D eigenvalue weighted by atomic mass is 9.96. The molecule has 3 aromatic heterocycles. The minimum Gasteiger partial charge on any atom is -0.497 e. The summed E-state index contributed by atoms with van der Waals surface area (Å²) in [5.41, 5.74) is 6.29. The molecule has 2 aromatic carbocycles. The SMILES string of the molecule is CCSc1nc2c(sc3nc4c(c(-c5ccc(OC)cc5)c32)CCC4)c(=O)n1-c1ccccc1. The summed E-state index contributed by atoms with van der Waals surface area (Å²) in [6, 6.07) is 18.0. The predicted molar refractivity (Wildman–Crippen MR) is 141 cm³/mol. The summed E-state index contributed by atoms with van der Waals surface area (Å²) < 4.78 is 7.78. The minimum absolute atomic E-state index is 0.0315. The molecule has 170 valence electrons. The molecule has 0 fully saturated rings. The van der Waals surface area contributed by atoms with Gasteiger partial charge in [0.05, 0.1) is 18.3 Å². The Labute approximate surface area is 205 Å². The fourth-order valence-electron chi connectivity index (χ4n) is 4.80. The Kier molecular flexibility index (Phi) is 5.38. The van der Waals surface area contributed by atoms with Crippen molar-refractivity contribution >= 4 is 43.5 Å². The van der Waals surface area contributed by atoms with E-state index < -0.39 is 0 Å². The number of thiophene rings is 1. The average Bonchev–Trinajstić information content (AvgIpc) is 3.48. The number of aromatic nitrogens is 3. The summed E-state index contributed by atoms with van der Waals surface area (Å²) in [6.07, 6.45) is 3.07. The Morgan fingerprint density at radius 1 is 1.06 bits per heavy atom. The van der Waals surface area contributed by atoms with Crippen LogP contribution in [0.3, 0.4) is 0 Å². The number of para-hydroxylation sites is 1. The van der Waals surface area contributed by atoms with Gasteiger partial charge in [0.1, 0.15) is 15.3 Å². The highest BCUT2D eigenvalue weighted by Gasteiger charge is 2.26. The largest absolute Gasteiger partial charge is 0.497 e. The molecule has 0 aliphatic heterocycles. The second kappa shape index (κ2) is 8.56. The molecule has 0 radical (unpaired) electrons. The van der Waals surface area contributed by atoms with Gasteiger partial charge in [0.25, 0.3) is 5.56 Å². The monoisotopic (exact) mass is 485 g/mol. The molecular weight excluding hydrogens is 462 g/mol. The van der Waals surface area contributed by atoms with Crippen molar-refractivity contribution in [2.75, 3.05) is 12.9 Å². The number of nitrogens with zero attached hydrogens (tertiary/aromatic N) is 3. The van der Waals surface area contributed by atoms with Crippen molar-refractivity contribution in [3.63, 3.8) is 0 Å². The highest BCUT2D eigenvalue weighted by molar-refractivity contribution is 7.99. The van der Waals surface area contributed by atoms with Crippen molar-refractivity contribution in [1.29, 1.82) is 0 Å². The fraction of sp³-hybridized carbons (Fsp3) is 0.222. The summed E-state index contributed by atoms with van der Waals surface area (Å²) in [5, 5.41) is 1.72. The summed E-state index contributed by atoms with van der Waals surface area (Å²) >= 11 is 3.05. The first-order valence-electron chi connectivity index (χ1n) is 11.4. The standard InChI is InChI=1S/C27H23N3O2S2/c1-3-33-27-29-23-22-21(16-12-14-18(32-2)15-13-16)19-10-7-11-20(19)28-25(22)34-24(23)26(31)30(27)17-8-5-4-6-9-17/h4-6,8-9,12-15H,3,7,10-11H2,1-2H3. The van der Waals surface area contributed by atoms with Crippen molar-refractivity contribution in [3.05, 3.63) is 76.2 Å². The first kappa shape index (κ1) is 21.4. The van der Waals surface area contributed by atoms with Crippen LogP contribution in [0.2, 0.25) is 0 Å². The van der Waals surface area contributed by atoms with E-state index in [9.17, 15) is 4.79 Å². The Hall–Kier alpha value is -3.16. The van der Waals surface area contributed by atoms with Gasteiger partial charge < -0.3 is 4.74 Å². The van der Waals surface area contributed by atoms with Gasteiger partial charge in [-0.05, 0) is 66.0 Å².